The molecule has 0 unspecified atom stereocenters. The van der Waals surface area contributed by atoms with Gasteiger partial charge in [-0.1, -0.05) is 41.4 Å². The Morgan fingerprint density at radius 2 is 1.42 bits per heavy atom. The molecule has 0 saturated carbocycles. The summed E-state index contributed by atoms with van der Waals surface area (Å²) < 4.78 is 10.9. The number of hydrogen-bond donors (Lipinski definition) is 0. The molecule has 0 spiro atoms. The van der Waals surface area contributed by atoms with Gasteiger partial charge in [0.05, 0.1) is 0 Å². The van der Waals surface area contributed by atoms with Crippen LogP contribution in [0.15, 0.2) is 48.5 Å². The van der Waals surface area contributed by atoms with Gasteiger partial charge in [-0.2, -0.15) is 0 Å². The Labute approximate surface area is 164 Å². The van der Waals surface area contributed by atoms with Crippen LogP contribution in [0.1, 0.15) is 25.7 Å². The molecule has 0 aliphatic heterocycles. The molecule has 24 heavy (non-hydrogen) atoms. The largest absolute Gasteiger partial charge is 0.421 e. The van der Waals surface area contributed by atoms with E-state index in [0.717, 1.165) is 5.02 Å². The van der Waals surface area contributed by atoms with Crippen molar-refractivity contribution in [2.24, 2.45) is 0 Å². The minimum atomic E-state index is -1.05. The summed E-state index contributed by atoms with van der Waals surface area (Å²) in [4.78, 5) is 21.7. The van der Waals surface area contributed by atoms with Crippen LogP contribution in [-0.2, 0) is 19.1 Å². The van der Waals surface area contributed by atoms with E-state index in [4.69, 9.17) is 32.7 Å². The Morgan fingerprint density at radius 1 is 0.917 bits per heavy atom. The highest BCUT2D eigenvalue weighted by Gasteiger charge is 2.17. The highest BCUT2D eigenvalue weighted by atomic mass is 127. The Balaban J connectivity index is 0.000000300. The van der Waals surface area contributed by atoms with E-state index in [1.807, 2.05) is 24.3 Å². The molecule has 0 N–H and O–H groups in total. The molecule has 0 aromatic heterocycles. The maximum atomic E-state index is 10.8. The summed E-state index contributed by atoms with van der Waals surface area (Å²) in [6.07, 6.45) is -1.05. The van der Waals surface area contributed by atoms with Crippen molar-refractivity contribution in [3.8, 4) is 0 Å². The van der Waals surface area contributed by atoms with Crippen molar-refractivity contribution >= 4 is 57.7 Å². The third kappa shape index (κ3) is 8.52. The average molecular weight is 481 g/mol. The van der Waals surface area contributed by atoms with Gasteiger partial charge in [0.2, 0.25) is 0 Å². The molecular weight excluding hydrogens is 466 g/mol. The lowest BCUT2D eigenvalue weighted by Gasteiger charge is -2.16. The molecule has 0 saturated heterocycles. The molecule has 7 heteroatoms. The van der Waals surface area contributed by atoms with Crippen molar-refractivity contribution in [3.63, 3.8) is 0 Å². The van der Waals surface area contributed by atoms with Gasteiger partial charge < -0.3 is 9.47 Å². The third-order valence-corrected chi connectivity index (χ3v) is 3.59. The van der Waals surface area contributed by atoms with Gasteiger partial charge in [0.25, 0.3) is 6.29 Å². The smallest absolute Gasteiger partial charge is 0.305 e. The second-order valence-electron chi connectivity index (χ2n) is 4.55. The van der Waals surface area contributed by atoms with Gasteiger partial charge in [0.15, 0.2) is 0 Å². The van der Waals surface area contributed by atoms with Crippen molar-refractivity contribution in [1.29, 1.82) is 0 Å². The summed E-state index contributed by atoms with van der Waals surface area (Å²) in [6.45, 7) is 2.47. The number of rotatable bonds is 3. The van der Waals surface area contributed by atoms with E-state index in [9.17, 15) is 9.59 Å². The molecule has 0 fully saturated rings. The van der Waals surface area contributed by atoms with Crippen molar-refractivity contribution in [3.05, 3.63) is 67.7 Å². The molecule has 2 aromatic rings. The zero-order chi connectivity index (χ0) is 18.1. The molecule has 0 amide bonds. The number of ether oxygens (including phenoxy) is 2. The number of benzene rings is 2. The van der Waals surface area contributed by atoms with Crippen LogP contribution >= 0.6 is 45.8 Å². The van der Waals surface area contributed by atoms with Gasteiger partial charge in [-0.05, 0) is 52.9 Å². The molecule has 0 bridgehead atoms. The van der Waals surface area contributed by atoms with E-state index >= 15 is 0 Å². The fraction of sp³-hybridized carbons (Fsp3) is 0.176. The van der Waals surface area contributed by atoms with Gasteiger partial charge in [-0.3, -0.25) is 9.59 Å². The second kappa shape index (κ2) is 10.5. The highest BCUT2D eigenvalue weighted by Crippen LogP contribution is 2.22. The predicted molar refractivity (Wildman–Crippen MR) is 102 cm³/mol. The zero-order valence-electron chi connectivity index (χ0n) is 13.0. The van der Waals surface area contributed by atoms with E-state index in [1.165, 1.54) is 17.4 Å². The minimum Gasteiger partial charge on any atom is -0.421 e. The van der Waals surface area contributed by atoms with Gasteiger partial charge in [0.1, 0.15) is 0 Å². The van der Waals surface area contributed by atoms with Gasteiger partial charge in [-0.25, -0.2) is 0 Å². The summed E-state index contributed by atoms with van der Waals surface area (Å²) in [6, 6.07) is 14.3. The summed E-state index contributed by atoms with van der Waals surface area (Å²) in [5.41, 5.74) is 0.512. The van der Waals surface area contributed by atoms with Crippen LogP contribution in [0.3, 0.4) is 0 Å². The Hall–Kier alpha value is -1.31. The van der Waals surface area contributed by atoms with Crippen LogP contribution in [0.25, 0.3) is 0 Å². The van der Waals surface area contributed by atoms with E-state index in [-0.39, 0.29) is 0 Å². The van der Waals surface area contributed by atoms with E-state index in [1.54, 1.807) is 24.3 Å². The summed E-state index contributed by atoms with van der Waals surface area (Å²) in [7, 11) is 0. The quantitative estimate of drug-likeness (QED) is 0.335. The number of hydrogen-bond acceptors (Lipinski definition) is 4. The predicted octanol–water partition coefficient (Wildman–Crippen LogP) is 5.41. The molecule has 2 rings (SSSR count). The molecule has 0 aliphatic carbocycles. The van der Waals surface area contributed by atoms with Crippen molar-refractivity contribution < 1.29 is 19.1 Å². The lowest BCUT2D eigenvalue weighted by Crippen LogP contribution is -2.14. The number of carbonyl (C=O) groups is 2. The molecule has 2 aromatic carbocycles. The Kier molecular flexibility index (Phi) is 9.10. The van der Waals surface area contributed by atoms with Gasteiger partial charge in [-0.15, -0.1) is 0 Å². The van der Waals surface area contributed by atoms with Gasteiger partial charge in [0, 0.05) is 33.0 Å². The lowest BCUT2D eigenvalue weighted by atomic mass is 10.2. The van der Waals surface area contributed by atoms with Crippen molar-refractivity contribution in [2.45, 2.75) is 20.1 Å². The minimum absolute atomic E-state index is 0.474. The number of esters is 2. The lowest BCUT2D eigenvalue weighted by molar-refractivity contribution is -0.186. The van der Waals surface area contributed by atoms with Crippen LogP contribution < -0.4 is 0 Å². The molecule has 0 aliphatic rings. The highest BCUT2D eigenvalue weighted by molar-refractivity contribution is 14.1. The maximum absolute atomic E-state index is 10.8. The van der Waals surface area contributed by atoms with Crippen LogP contribution in [0.5, 0.6) is 0 Å². The topological polar surface area (TPSA) is 52.6 Å². The first-order valence-electron chi connectivity index (χ1n) is 6.79. The first-order valence-corrected chi connectivity index (χ1v) is 8.62. The first kappa shape index (κ1) is 20.7. The standard InChI is InChI=1S/C11H11ClO4.C6H4ClI/c1-7(13)15-11(16-8(2)14)9-4-3-5-10(12)6-9;7-5-2-1-3-6(8)4-5/h3-6,11H,1-2H3;1-4H. The normalized spacial score (nSPS) is 9.75. The molecule has 4 nitrogen and oxygen atoms in total. The maximum Gasteiger partial charge on any atom is 0.305 e. The SMILES string of the molecule is CC(=O)OC(OC(C)=O)c1cccc(Cl)c1.Clc1cccc(I)c1. The van der Waals surface area contributed by atoms with Crippen LogP contribution in [0.2, 0.25) is 10.0 Å². The van der Waals surface area contributed by atoms with E-state index < -0.39 is 18.2 Å². The fourth-order valence-electron chi connectivity index (χ4n) is 1.57. The zero-order valence-corrected chi connectivity index (χ0v) is 16.6. The molecule has 0 atom stereocenters. The average Bonchev–Trinajstić information content (AvgIpc) is 2.46. The second-order valence-corrected chi connectivity index (χ2v) is 6.66. The molecule has 0 heterocycles. The Bertz CT molecular complexity index is 673. The van der Waals surface area contributed by atoms with E-state index in [2.05, 4.69) is 22.6 Å². The number of carbonyl (C=O) groups excluding carboxylic acids is 2. The number of halogens is 3. The summed E-state index contributed by atoms with van der Waals surface area (Å²) in [5, 5.41) is 1.28. The monoisotopic (exact) mass is 480 g/mol. The van der Waals surface area contributed by atoms with E-state index in [0.29, 0.717) is 10.6 Å². The molecule has 0 radical (unpaired) electrons. The Morgan fingerprint density at radius 3 is 1.79 bits per heavy atom. The third-order valence-electron chi connectivity index (χ3n) is 2.45. The van der Waals surface area contributed by atoms with Crippen LogP contribution in [0.4, 0.5) is 0 Å². The first-order chi connectivity index (χ1) is 11.3. The molecule has 128 valence electrons. The summed E-state index contributed by atoms with van der Waals surface area (Å²) in [5.74, 6) is -1.07. The van der Waals surface area contributed by atoms with Crippen molar-refractivity contribution in [2.75, 3.05) is 0 Å². The van der Waals surface area contributed by atoms with Gasteiger partial charge >= 0.3 is 11.9 Å². The summed E-state index contributed by atoms with van der Waals surface area (Å²) >= 11 is 13.6. The molecular formula is C17H15Cl2IO4. The van der Waals surface area contributed by atoms with Crippen LogP contribution in [-0.4, -0.2) is 11.9 Å². The van der Waals surface area contributed by atoms with Crippen molar-refractivity contribution in [1.82, 2.24) is 0 Å². The fourth-order valence-corrected chi connectivity index (χ4v) is 2.69. The van der Waals surface area contributed by atoms with Crippen LogP contribution in [0, 0.1) is 3.57 Å².